The molecular weight excluding hydrogens is 520 g/mol. The molecule has 0 spiro atoms. The summed E-state index contributed by atoms with van der Waals surface area (Å²) in [4.78, 5) is 35.2. The van der Waals surface area contributed by atoms with Gasteiger partial charge in [-0.1, -0.05) is 0 Å². The Morgan fingerprint density at radius 3 is 1.68 bits per heavy atom. The number of aromatic nitrogens is 2. The molecule has 0 unspecified atom stereocenters. The van der Waals surface area contributed by atoms with E-state index in [0.717, 1.165) is 22.6 Å². The molecular formula is C33H28N2O6. The third kappa shape index (κ3) is 6.17. The standard InChI is InChI=1S/C33H28N2O6/c1-4-40-27-16-5-21(6-17-27)30(36)20-41-33(37)24-11-18-28-29(19-24)35-32(23-9-14-26(39-3)15-10-23)31(34-28)22-7-12-25(38-2)13-8-22/h5-19H,4,20H2,1-3H3. The number of hydrogen-bond acceptors (Lipinski definition) is 8. The molecule has 0 saturated heterocycles. The molecule has 1 heterocycles. The van der Waals surface area contributed by atoms with E-state index in [0.29, 0.717) is 40.3 Å². The average molecular weight is 549 g/mol. The first-order valence-electron chi connectivity index (χ1n) is 13.0. The Hall–Kier alpha value is -5.24. The van der Waals surface area contributed by atoms with Crippen molar-refractivity contribution in [2.24, 2.45) is 0 Å². The average Bonchev–Trinajstić information content (AvgIpc) is 3.03. The maximum absolute atomic E-state index is 12.9. The van der Waals surface area contributed by atoms with Crippen molar-refractivity contribution in [2.45, 2.75) is 6.92 Å². The smallest absolute Gasteiger partial charge is 0.338 e. The van der Waals surface area contributed by atoms with Gasteiger partial charge >= 0.3 is 5.97 Å². The topological polar surface area (TPSA) is 96.8 Å². The van der Waals surface area contributed by atoms with Gasteiger partial charge in [-0.25, -0.2) is 14.8 Å². The number of esters is 1. The van der Waals surface area contributed by atoms with Gasteiger partial charge in [0.1, 0.15) is 17.2 Å². The molecule has 41 heavy (non-hydrogen) atoms. The SMILES string of the molecule is CCOc1ccc(C(=O)COC(=O)c2ccc3nc(-c4ccc(OC)cc4)c(-c4ccc(OC)cc4)nc3c2)cc1. The number of fused-ring (bicyclic) bond motifs is 1. The Bertz CT molecular complexity index is 1680. The highest BCUT2D eigenvalue weighted by molar-refractivity contribution is 6.00. The summed E-state index contributed by atoms with van der Waals surface area (Å²) in [6.07, 6.45) is 0. The molecule has 0 bridgehead atoms. The highest BCUT2D eigenvalue weighted by Crippen LogP contribution is 2.33. The minimum atomic E-state index is -0.627. The number of rotatable bonds is 10. The molecule has 1 aromatic heterocycles. The highest BCUT2D eigenvalue weighted by Gasteiger charge is 2.17. The summed E-state index contributed by atoms with van der Waals surface area (Å²) in [6.45, 7) is 2.03. The molecule has 0 atom stereocenters. The van der Waals surface area contributed by atoms with Crippen molar-refractivity contribution in [1.29, 1.82) is 0 Å². The number of carbonyl (C=O) groups is 2. The molecule has 5 aromatic rings. The van der Waals surface area contributed by atoms with E-state index in [4.69, 9.17) is 28.9 Å². The summed E-state index contributed by atoms with van der Waals surface area (Å²) < 4.78 is 21.3. The predicted molar refractivity (Wildman–Crippen MR) is 156 cm³/mol. The first-order valence-corrected chi connectivity index (χ1v) is 13.0. The third-order valence-electron chi connectivity index (χ3n) is 6.45. The summed E-state index contributed by atoms with van der Waals surface area (Å²) in [5.74, 6) is 1.18. The summed E-state index contributed by atoms with van der Waals surface area (Å²) >= 11 is 0. The van der Waals surface area contributed by atoms with Crippen LogP contribution in [0.4, 0.5) is 0 Å². The number of ether oxygens (including phenoxy) is 4. The zero-order valence-electron chi connectivity index (χ0n) is 22.9. The molecule has 0 radical (unpaired) electrons. The van der Waals surface area contributed by atoms with Gasteiger partial charge in [-0.15, -0.1) is 0 Å². The molecule has 0 fully saturated rings. The third-order valence-corrected chi connectivity index (χ3v) is 6.45. The number of benzene rings is 4. The number of hydrogen-bond donors (Lipinski definition) is 0. The largest absolute Gasteiger partial charge is 0.497 e. The van der Waals surface area contributed by atoms with Crippen LogP contribution in [0.5, 0.6) is 17.2 Å². The lowest BCUT2D eigenvalue weighted by atomic mass is 10.0. The van der Waals surface area contributed by atoms with Crippen LogP contribution in [-0.2, 0) is 4.74 Å². The van der Waals surface area contributed by atoms with E-state index in [9.17, 15) is 9.59 Å². The Morgan fingerprint density at radius 1 is 0.634 bits per heavy atom. The van der Waals surface area contributed by atoms with Gasteiger partial charge in [-0.05, 0) is 97.9 Å². The highest BCUT2D eigenvalue weighted by atomic mass is 16.5. The van der Waals surface area contributed by atoms with E-state index >= 15 is 0 Å². The fourth-order valence-electron chi connectivity index (χ4n) is 4.28. The minimum Gasteiger partial charge on any atom is -0.497 e. The fourth-order valence-corrected chi connectivity index (χ4v) is 4.28. The Balaban J connectivity index is 1.43. The van der Waals surface area contributed by atoms with Crippen molar-refractivity contribution < 1.29 is 28.5 Å². The fraction of sp³-hybridized carbons (Fsp3) is 0.152. The quantitative estimate of drug-likeness (QED) is 0.146. The van der Waals surface area contributed by atoms with Gasteiger partial charge in [0, 0.05) is 16.7 Å². The molecule has 8 nitrogen and oxygen atoms in total. The molecule has 0 aliphatic heterocycles. The maximum Gasteiger partial charge on any atom is 0.338 e. The Kier molecular flexibility index (Phi) is 8.20. The number of carbonyl (C=O) groups excluding carboxylic acids is 2. The second kappa shape index (κ2) is 12.3. The molecule has 0 aliphatic rings. The van der Waals surface area contributed by atoms with E-state index in [2.05, 4.69) is 0 Å². The predicted octanol–water partition coefficient (Wildman–Crippen LogP) is 6.42. The van der Waals surface area contributed by atoms with Crippen LogP contribution in [0.1, 0.15) is 27.6 Å². The van der Waals surface area contributed by atoms with Crippen LogP contribution in [-0.4, -0.2) is 49.2 Å². The van der Waals surface area contributed by atoms with Crippen LogP contribution in [0, 0.1) is 0 Å². The molecule has 8 heteroatoms. The molecule has 0 N–H and O–H groups in total. The van der Waals surface area contributed by atoms with Crippen LogP contribution < -0.4 is 14.2 Å². The minimum absolute atomic E-state index is 0.268. The van der Waals surface area contributed by atoms with E-state index in [1.165, 1.54) is 0 Å². The number of ketones is 1. The van der Waals surface area contributed by atoms with Gasteiger partial charge in [0.2, 0.25) is 0 Å². The van der Waals surface area contributed by atoms with Gasteiger partial charge in [0.05, 0.1) is 48.8 Å². The van der Waals surface area contributed by atoms with Gasteiger partial charge in [0.25, 0.3) is 0 Å². The van der Waals surface area contributed by atoms with E-state index < -0.39 is 5.97 Å². The van der Waals surface area contributed by atoms with Crippen LogP contribution in [0.15, 0.2) is 91.0 Å². The van der Waals surface area contributed by atoms with Crippen molar-refractivity contribution in [3.05, 3.63) is 102 Å². The molecule has 5 rings (SSSR count). The summed E-state index contributed by atoms with van der Waals surface area (Å²) in [5, 5.41) is 0. The first kappa shape index (κ1) is 27.3. The van der Waals surface area contributed by atoms with Crippen LogP contribution in [0.2, 0.25) is 0 Å². The zero-order chi connectivity index (χ0) is 28.8. The first-order chi connectivity index (χ1) is 20.0. The number of methoxy groups -OCH3 is 2. The lowest BCUT2D eigenvalue weighted by Gasteiger charge is -2.12. The monoisotopic (exact) mass is 548 g/mol. The van der Waals surface area contributed by atoms with E-state index in [-0.39, 0.29) is 18.0 Å². The van der Waals surface area contributed by atoms with Gasteiger partial charge in [-0.2, -0.15) is 0 Å². The molecule has 4 aromatic carbocycles. The van der Waals surface area contributed by atoms with E-state index in [1.54, 1.807) is 56.7 Å². The number of Topliss-reactive ketones (excluding diaryl/α,β-unsaturated/α-hetero) is 1. The van der Waals surface area contributed by atoms with Crippen LogP contribution in [0.25, 0.3) is 33.5 Å². The second-order valence-electron chi connectivity index (χ2n) is 9.04. The molecule has 206 valence electrons. The van der Waals surface area contributed by atoms with Crippen molar-refractivity contribution >= 4 is 22.8 Å². The van der Waals surface area contributed by atoms with Gasteiger partial charge in [-0.3, -0.25) is 4.79 Å². The van der Waals surface area contributed by atoms with Gasteiger partial charge < -0.3 is 18.9 Å². The summed E-state index contributed by atoms with van der Waals surface area (Å²) in [7, 11) is 3.23. The molecule has 0 aliphatic carbocycles. The maximum atomic E-state index is 12.9. The molecule has 0 amide bonds. The normalized spacial score (nSPS) is 10.7. The zero-order valence-corrected chi connectivity index (χ0v) is 22.9. The molecule has 0 saturated carbocycles. The number of nitrogens with zero attached hydrogens (tertiary/aromatic N) is 2. The van der Waals surface area contributed by atoms with Crippen LogP contribution in [0.3, 0.4) is 0 Å². The summed E-state index contributed by atoms with van der Waals surface area (Å²) in [6, 6.07) is 26.8. The van der Waals surface area contributed by atoms with Crippen LogP contribution >= 0.6 is 0 Å². The lowest BCUT2D eigenvalue weighted by Crippen LogP contribution is -2.14. The van der Waals surface area contributed by atoms with E-state index in [1.807, 2.05) is 55.5 Å². The van der Waals surface area contributed by atoms with Crippen molar-refractivity contribution in [3.8, 4) is 39.8 Å². The van der Waals surface area contributed by atoms with Gasteiger partial charge in [0.15, 0.2) is 12.4 Å². The van der Waals surface area contributed by atoms with Crippen molar-refractivity contribution in [2.75, 3.05) is 27.4 Å². The Labute approximate surface area is 237 Å². The summed E-state index contributed by atoms with van der Waals surface area (Å²) in [5.41, 5.74) is 4.84. The Morgan fingerprint density at radius 2 is 1.15 bits per heavy atom. The van der Waals surface area contributed by atoms with Crippen molar-refractivity contribution in [3.63, 3.8) is 0 Å². The lowest BCUT2D eigenvalue weighted by molar-refractivity contribution is 0.0475. The second-order valence-corrected chi connectivity index (χ2v) is 9.04. The van der Waals surface area contributed by atoms with Crippen molar-refractivity contribution in [1.82, 2.24) is 9.97 Å².